The van der Waals surface area contributed by atoms with Crippen LogP contribution in [0.25, 0.3) is 10.1 Å². The summed E-state index contributed by atoms with van der Waals surface area (Å²) in [5.74, 6) is -0.154. The molecule has 2 aromatic carbocycles. The van der Waals surface area contributed by atoms with Crippen LogP contribution in [0.3, 0.4) is 0 Å². The molecule has 0 saturated heterocycles. The van der Waals surface area contributed by atoms with E-state index in [2.05, 4.69) is 33.0 Å². The maximum atomic E-state index is 12.4. The van der Waals surface area contributed by atoms with Crippen molar-refractivity contribution in [2.75, 3.05) is 17.2 Å². The fraction of sp³-hybridized carbons (Fsp3) is 0.105. The predicted molar refractivity (Wildman–Crippen MR) is 108 cm³/mol. The highest BCUT2D eigenvalue weighted by molar-refractivity contribution is 7.21. The number of carbonyl (C=O) groups excluding carboxylic acids is 1. The quantitative estimate of drug-likeness (QED) is 0.510. The number of amides is 1. The monoisotopic (exact) mass is 380 g/mol. The summed E-state index contributed by atoms with van der Waals surface area (Å²) >= 11 is 2.81. The van der Waals surface area contributed by atoms with Gasteiger partial charge in [-0.3, -0.25) is 10.1 Å². The van der Waals surface area contributed by atoms with Crippen LogP contribution in [-0.2, 0) is 6.42 Å². The topological polar surface area (TPSA) is 66.9 Å². The summed E-state index contributed by atoms with van der Waals surface area (Å²) in [6.45, 7) is 0.767. The Kier molecular flexibility index (Phi) is 4.90. The summed E-state index contributed by atoms with van der Waals surface area (Å²) in [6.07, 6.45) is 0.907. The zero-order valence-corrected chi connectivity index (χ0v) is 15.4. The molecule has 2 aromatic heterocycles. The Morgan fingerprint density at radius 1 is 0.923 bits per heavy atom. The summed E-state index contributed by atoms with van der Waals surface area (Å²) in [5.41, 5.74) is 1.27. The molecule has 0 saturated carbocycles. The Bertz CT molecular complexity index is 993. The normalized spacial score (nSPS) is 10.8. The van der Waals surface area contributed by atoms with Gasteiger partial charge in [-0.1, -0.05) is 59.9 Å². The Balaban J connectivity index is 1.34. The Morgan fingerprint density at radius 3 is 2.54 bits per heavy atom. The van der Waals surface area contributed by atoms with Gasteiger partial charge in [0.1, 0.15) is 0 Å². The van der Waals surface area contributed by atoms with Crippen molar-refractivity contribution < 1.29 is 4.79 Å². The maximum absolute atomic E-state index is 12.4. The first-order chi connectivity index (χ1) is 12.8. The lowest BCUT2D eigenvalue weighted by Crippen LogP contribution is -2.09. The van der Waals surface area contributed by atoms with Crippen LogP contribution < -0.4 is 10.6 Å². The minimum absolute atomic E-state index is 0.154. The van der Waals surface area contributed by atoms with E-state index in [-0.39, 0.29) is 5.91 Å². The number of hydrogen-bond donors (Lipinski definition) is 2. The molecular weight excluding hydrogens is 364 g/mol. The van der Waals surface area contributed by atoms with Crippen LogP contribution in [0.2, 0.25) is 0 Å². The average molecular weight is 380 g/mol. The standard InChI is InChI=1S/C19H16N4OS2/c24-17(16-12-14-8-4-5-9-15(14)25-16)21-19-23-22-18(26-19)20-11-10-13-6-2-1-3-7-13/h1-9,12H,10-11H2,(H,20,22)(H,21,23,24). The molecule has 4 rings (SSSR count). The van der Waals surface area contributed by atoms with Crippen LogP contribution in [0.5, 0.6) is 0 Å². The summed E-state index contributed by atoms with van der Waals surface area (Å²) < 4.78 is 1.10. The van der Waals surface area contributed by atoms with Gasteiger partial charge in [0.05, 0.1) is 4.88 Å². The molecule has 2 N–H and O–H groups in total. The molecule has 7 heteroatoms. The van der Waals surface area contributed by atoms with Crippen LogP contribution in [0.1, 0.15) is 15.2 Å². The van der Waals surface area contributed by atoms with Gasteiger partial charge in [0.25, 0.3) is 5.91 Å². The first-order valence-corrected chi connectivity index (χ1v) is 9.82. The molecule has 0 aliphatic heterocycles. The number of aromatic nitrogens is 2. The molecule has 0 bridgehead atoms. The smallest absolute Gasteiger partial charge is 0.267 e. The van der Waals surface area contributed by atoms with E-state index in [9.17, 15) is 4.79 Å². The van der Waals surface area contributed by atoms with Crippen molar-refractivity contribution >= 4 is 48.9 Å². The number of benzene rings is 2. The zero-order chi connectivity index (χ0) is 17.8. The molecule has 2 heterocycles. The van der Waals surface area contributed by atoms with Gasteiger partial charge in [-0.2, -0.15) is 0 Å². The van der Waals surface area contributed by atoms with E-state index in [1.165, 1.54) is 28.2 Å². The van der Waals surface area contributed by atoms with Gasteiger partial charge in [-0.15, -0.1) is 21.5 Å². The minimum atomic E-state index is -0.154. The molecule has 0 radical (unpaired) electrons. The van der Waals surface area contributed by atoms with Gasteiger partial charge in [-0.25, -0.2) is 0 Å². The molecule has 0 aliphatic rings. The van der Waals surface area contributed by atoms with E-state index in [1.54, 1.807) is 0 Å². The van der Waals surface area contributed by atoms with Crippen molar-refractivity contribution in [3.8, 4) is 0 Å². The molecule has 0 aliphatic carbocycles. The van der Waals surface area contributed by atoms with Crippen molar-refractivity contribution in [1.29, 1.82) is 0 Å². The third-order valence-corrected chi connectivity index (χ3v) is 5.74. The van der Waals surface area contributed by atoms with Crippen LogP contribution in [0, 0.1) is 0 Å². The van der Waals surface area contributed by atoms with E-state index in [0.29, 0.717) is 15.1 Å². The second kappa shape index (κ2) is 7.63. The Labute approximate surface area is 158 Å². The van der Waals surface area contributed by atoms with Crippen molar-refractivity contribution in [2.45, 2.75) is 6.42 Å². The fourth-order valence-electron chi connectivity index (χ4n) is 2.56. The van der Waals surface area contributed by atoms with E-state index < -0.39 is 0 Å². The average Bonchev–Trinajstić information content (AvgIpc) is 3.29. The second-order valence-electron chi connectivity index (χ2n) is 5.68. The Morgan fingerprint density at radius 2 is 1.69 bits per heavy atom. The van der Waals surface area contributed by atoms with Gasteiger partial charge >= 0.3 is 0 Å². The van der Waals surface area contributed by atoms with Crippen molar-refractivity contribution in [3.05, 3.63) is 71.1 Å². The molecule has 1 amide bonds. The number of thiophene rings is 1. The summed E-state index contributed by atoms with van der Waals surface area (Å²) in [5, 5.41) is 16.5. The number of carbonyl (C=O) groups is 1. The second-order valence-corrected chi connectivity index (χ2v) is 7.74. The fourth-order valence-corrected chi connectivity index (χ4v) is 4.18. The molecule has 0 fully saturated rings. The van der Waals surface area contributed by atoms with Crippen LogP contribution in [-0.4, -0.2) is 22.6 Å². The van der Waals surface area contributed by atoms with E-state index in [1.807, 2.05) is 48.5 Å². The zero-order valence-electron chi connectivity index (χ0n) is 13.8. The molecule has 0 unspecified atom stereocenters. The SMILES string of the molecule is O=C(Nc1nnc(NCCc2ccccc2)s1)c1cc2ccccc2s1. The molecule has 0 atom stereocenters. The lowest BCUT2D eigenvalue weighted by Gasteiger charge is -2.01. The largest absolute Gasteiger partial charge is 0.360 e. The highest BCUT2D eigenvalue weighted by Crippen LogP contribution is 2.27. The molecule has 26 heavy (non-hydrogen) atoms. The van der Waals surface area contributed by atoms with Crippen LogP contribution in [0.15, 0.2) is 60.7 Å². The molecular formula is C19H16N4OS2. The number of nitrogens with zero attached hydrogens (tertiary/aromatic N) is 2. The number of rotatable bonds is 6. The van der Waals surface area contributed by atoms with E-state index in [4.69, 9.17) is 0 Å². The number of nitrogens with one attached hydrogen (secondary N) is 2. The molecule has 0 spiro atoms. The maximum Gasteiger partial charge on any atom is 0.267 e. The first kappa shape index (κ1) is 16.7. The minimum Gasteiger partial charge on any atom is -0.360 e. The molecule has 4 aromatic rings. The van der Waals surface area contributed by atoms with E-state index >= 15 is 0 Å². The van der Waals surface area contributed by atoms with Gasteiger partial charge in [-0.05, 0) is 29.5 Å². The lowest BCUT2D eigenvalue weighted by molar-refractivity contribution is 0.103. The molecule has 130 valence electrons. The third kappa shape index (κ3) is 3.89. The number of fused-ring (bicyclic) bond motifs is 1. The summed E-state index contributed by atoms with van der Waals surface area (Å²) in [7, 11) is 0. The molecule has 5 nitrogen and oxygen atoms in total. The third-order valence-electron chi connectivity index (χ3n) is 3.83. The number of anilines is 2. The predicted octanol–water partition coefficient (Wildman–Crippen LogP) is 4.66. The van der Waals surface area contributed by atoms with Crippen LogP contribution in [0.4, 0.5) is 10.3 Å². The Hall–Kier alpha value is -2.77. The van der Waals surface area contributed by atoms with Gasteiger partial charge in [0.15, 0.2) is 0 Å². The van der Waals surface area contributed by atoms with Crippen LogP contribution >= 0.6 is 22.7 Å². The van der Waals surface area contributed by atoms with Gasteiger partial charge in [0.2, 0.25) is 10.3 Å². The van der Waals surface area contributed by atoms with E-state index in [0.717, 1.165) is 23.1 Å². The lowest BCUT2D eigenvalue weighted by atomic mass is 10.2. The highest BCUT2D eigenvalue weighted by Gasteiger charge is 2.13. The first-order valence-electron chi connectivity index (χ1n) is 8.19. The highest BCUT2D eigenvalue weighted by atomic mass is 32.1. The van der Waals surface area contributed by atoms with Crippen molar-refractivity contribution in [1.82, 2.24) is 10.2 Å². The van der Waals surface area contributed by atoms with Gasteiger partial charge in [0, 0.05) is 11.2 Å². The number of hydrogen-bond acceptors (Lipinski definition) is 6. The van der Waals surface area contributed by atoms with Crippen molar-refractivity contribution in [2.24, 2.45) is 0 Å². The summed E-state index contributed by atoms with van der Waals surface area (Å²) in [6, 6.07) is 20.1. The summed E-state index contributed by atoms with van der Waals surface area (Å²) in [4.78, 5) is 13.1. The van der Waals surface area contributed by atoms with Gasteiger partial charge < -0.3 is 5.32 Å². The van der Waals surface area contributed by atoms with Crippen molar-refractivity contribution in [3.63, 3.8) is 0 Å².